The van der Waals surface area contributed by atoms with Crippen molar-refractivity contribution in [2.75, 3.05) is 13.7 Å². The first kappa shape index (κ1) is 14.7. The van der Waals surface area contributed by atoms with E-state index in [1.165, 1.54) is 18.4 Å². The summed E-state index contributed by atoms with van der Waals surface area (Å²) in [7, 11) is 1.66. The zero-order valence-corrected chi connectivity index (χ0v) is 12.9. The Morgan fingerprint density at radius 2 is 2.11 bits per heavy atom. The molecule has 0 radical (unpaired) electrons. The summed E-state index contributed by atoms with van der Waals surface area (Å²) in [5, 5.41) is 4.42. The standard InChI is InChI=1S/C16H24ClNO/c1-16(2,11-18-13-5-6-13)9-8-12-4-7-14(19-3)10-15(12)17/h4,7,10,13,18H,5-6,8-9,11H2,1-3H3. The summed E-state index contributed by atoms with van der Waals surface area (Å²) in [6.07, 6.45) is 4.85. The molecule has 1 aliphatic rings. The van der Waals surface area contributed by atoms with Crippen LogP contribution in [0.15, 0.2) is 18.2 Å². The van der Waals surface area contributed by atoms with Crippen LogP contribution < -0.4 is 10.1 Å². The molecule has 0 aromatic heterocycles. The fourth-order valence-electron chi connectivity index (χ4n) is 2.13. The average Bonchev–Trinajstić information content (AvgIpc) is 3.19. The molecule has 0 saturated heterocycles. The fourth-order valence-corrected chi connectivity index (χ4v) is 2.39. The molecule has 106 valence electrons. The number of hydrogen-bond acceptors (Lipinski definition) is 2. The van der Waals surface area contributed by atoms with Crippen LogP contribution in [0, 0.1) is 5.41 Å². The lowest BCUT2D eigenvalue weighted by Gasteiger charge is -2.25. The topological polar surface area (TPSA) is 21.3 Å². The second kappa shape index (κ2) is 6.15. The van der Waals surface area contributed by atoms with E-state index in [0.29, 0.717) is 5.41 Å². The predicted octanol–water partition coefficient (Wildman–Crippen LogP) is 4.06. The first-order chi connectivity index (χ1) is 9.00. The number of benzene rings is 1. The van der Waals surface area contributed by atoms with Gasteiger partial charge in [0.2, 0.25) is 0 Å². The van der Waals surface area contributed by atoms with Crippen molar-refractivity contribution in [2.24, 2.45) is 5.41 Å². The molecule has 1 saturated carbocycles. The Hall–Kier alpha value is -0.730. The van der Waals surface area contributed by atoms with Crippen LogP contribution in [0.3, 0.4) is 0 Å². The number of rotatable bonds is 7. The summed E-state index contributed by atoms with van der Waals surface area (Å²) >= 11 is 6.28. The SMILES string of the molecule is COc1ccc(CCC(C)(C)CNC2CC2)c(Cl)c1. The molecule has 1 aliphatic carbocycles. The number of halogens is 1. The average molecular weight is 282 g/mol. The second-order valence-corrected chi connectivity index (χ2v) is 6.68. The van der Waals surface area contributed by atoms with Gasteiger partial charge in [0.15, 0.2) is 0 Å². The summed E-state index contributed by atoms with van der Waals surface area (Å²) in [5.74, 6) is 0.823. The lowest BCUT2D eigenvalue weighted by atomic mass is 9.86. The largest absolute Gasteiger partial charge is 0.497 e. The van der Waals surface area contributed by atoms with Crippen molar-refractivity contribution in [2.45, 2.75) is 45.6 Å². The molecule has 1 N–H and O–H groups in total. The molecule has 1 aromatic rings. The van der Waals surface area contributed by atoms with Gasteiger partial charge >= 0.3 is 0 Å². The minimum absolute atomic E-state index is 0.311. The minimum atomic E-state index is 0.311. The van der Waals surface area contributed by atoms with Gasteiger partial charge in [-0.25, -0.2) is 0 Å². The molecule has 19 heavy (non-hydrogen) atoms. The fraction of sp³-hybridized carbons (Fsp3) is 0.625. The van der Waals surface area contributed by atoms with Gasteiger partial charge in [0.25, 0.3) is 0 Å². The van der Waals surface area contributed by atoms with Crippen molar-refractivity contribution < 1.29 is 4.74 Å². The molecule has 1 aromatic carbocycles. The van der Waals surface area contributed by atoms with Gasteiger partial charge < -0.3 is 10.1 Å². The van der Waals surface area contributed by atoms with Crippen LogP contribution >= 0.6 is 11.6 Å². The van der Waals surface area contributed by atoms with Crippen molar-refractivity contribution in [1.29, 1.82) is 0 Å². The van der Waals surface area contributed by atoms with E-state index in [1.807, 2.05) is 12.1 Å². The van der Waals surface area contributed by atoms with E-state index in [-0.39, 0.29) is 0 Å². The lowest BCUT2D eigenvalue weighted by Crippen LogP contribution is -2.31. The normalized spacial score (nSPS) is 15.6. The molecule has 3 heteroatoms. The van der Waals surface area contributed by atoms with Gasteiger partial charge in [0.05, 0.1) is 7.11 Å². The Morgan fingerprint density at radius 3 is 2.68 bits per heavy atom. The predicted molar refractivity (Wildman–Crippen MR) is 81.1 cm³/mol. The van der Waals surface area contributed by atoms with Crippen molar-refractivity contribution in [3.05, 3.63) is 28.8 Å². The van der Waals surface area contributed by atoms with Crippen molar-refractivity contribution >= 4 is 11.6 Å². The van der Waals surface area contributed by atoms with Gasteiger partial charge in [-0.3, -0.25) is 0 Å². The summed E-state index contributed by atoms with van der Waals surface area (Å²) in [6, 6.07) is 6.73. The van der Waals surface area contributed by atoms with Crippen molar-refractivity contribution in [3.8, 4) is 5.75 Å². The van der Waals surface area contributed by atoms with E-state index in [2.05, 4.69) is 25.2 Å². The van der Waals surface area contributed by atoms with E-state index in [4.69, 9.17) is 16.3 Å². The molecule has 0 aliphatic heterocycles. The van der Waals surface area contributed by atoms with Crippen LogP contribution in [-0.4, -0.2) is 19.7 Å². The molecule has 2 nitrogen and oxygen atoms in total. The van der Waals surface area contributed by atoms with Gasteiger partial charge in [0.1, 0.15) is 5.75 Å². The maximum Gasteiger partial charge on any atom is 0.120 e. The minimum Gasteiger partial charge on any atom is -0.497 e. The van der Waals surface area contributed by atoms with Gasteiger partial charge in [0, 0.05) is 17.6 Å². The molecule has 0 unspecified atom stereocenters. The number of aryl methyl sites for hydroxylation is 1. The number of hydrogen-bond donors (Lipinski definition) is 1. The maximum atomic E-state index is 6.28. The molecule has 0 amide bonds. The molecular weight excluding hydrogens is 258 g/mol. The highest BCUT2D eigenvalue weighted by Crippen LogP contribution is 2.29. The summed E-state index contributed by atoms with van der Waals surface area (Å²) in [4.78, 5) is 0. The molecule has 0 heterocycles. The van der Waals surface area contributed by atoms with Crippen molar-refractivity contribution in [3.63, 3.8) is 0 Å². The maximum absolute atomic E-state index is 6.28. The number of methoxy groups -OCH3 is 1. The zero-order chi connectivity index (χ0) is 13.9. The smallest absolute Gasteiger partial charge is 0.120 e. The molecule has 0 bridgehead atoms. The molecular formula is C16H24ClNO. The molecule has 0 spiro atoms. The summed E-state index contributed by atoms with van der Waals surface area (Å²) in [5.41, 5.74) is 1.52. The summed E-state index contributed by atoms with van der Waals surface area (Å²) < 4.78 is 5.17. The summed E-state index contributed by atoms with van der Waals surface area (Å²) in [6.45, 7) is 5.73. The van der Waals surface area contributed by atoms with E-state index in [0.717, 1.165) is 36.2 Å². The Labute approximate surface area is 121 Å². The highest BCUT2D eigenvalue weighted by atomic mass is 35.5. The Bertz CT molecular complexity index is 427. The molecule has 2 rings (SSSR count). The first-order valence-electron chi connectivity index (χ1n) is 7.06. The quantitative estimate of drug-likeness (QED) is 0.814. The van der Waals surface area contributed by atoms with Gasteiger partial charge in [-0.2, -0.15) is 0 Å². The number of nitrogens with one attached hydrogen (secondary N) is 1. The van der Waals surface area contributed by atoms with Crippen LogP contribution in [0.1, 0.15) is 38.7 Å². The van der Waals surface area contributed by atoms with Gasteiger partial charge in [-0.15, -0.1) is 0 Å². The monoisotopic (exact) mass is 281 g/mol. The highest BCUT2D eigenvalue weighted by molar-refractivity contribution is 6.31. The van der Waals surface area contributed by atoms with Crippen molar-refractivity contribution in [1.82, 2.24) is 5.32 Å². The zero-order valence-electron chi connectivity index (χ0n) is 12.1. The van der Waals surface area contributed by atoms with Crippen LogP contribution in [-0.2, 0) is 6.42 Å². The lowest BCUT2D eigenvalue weighted by molar-refractivity contribution is 0.313. The Morgan fingerprint density at radius 1 is 1.37 bits per heavy atom. The second-order valence-electron chi connectivity index (χ2n) is 6.28. The van der Waals surface area contributed by atoms with Crippen LogP contribution in [0.5, 0.6) is 5.75 Å². The number of ether oxygens (including phenoxy) is 1. The van der Waals surface area contributed by atoms with E-state index >= 15 is 0 Å². The molecule has 0 atom stereocenters. The van der Waals surface area contributed by atoms with E-state index in [1.54, 1.807) is 7.11 Å². The third-order valence-corrected chi connectivity index (χ3v) is 4.13. The Kier molecular flexibility index (Phi) is 4.75. The van der Waals surface area contributed by atoms with E-state index < -0.39 is 0 Å². The van der Waals surface area contributed by atoms with Crippen LogP contribution in [0.4, 0.5) is 0 Å². The van der Waals surface area contributed by atoms with Gasteiger partial charge in [-0.1, -0.05) is 31.5 Å². The third-order valence-electron chi connectivity index (χ3n) is 3.78. The van der Waals surface area contributed by atoms with Gasteiger partial charge in [-0.05, 0) is 48.8 Å². The van der Waals surface area contributed by atoms with Crippen LogP contribution in [0.25, 0.3) is 0 Å². The molecule has 1 fully saturated rings. The van der Waals surface area contributed by atoms with Crippen LogP contribution in [0.2, 0.25) is 5.02 Å². The van der Waals surface area contributed by atoms with E-state index in [9.17, 15) is 0 Å². The third kappa shape index (κ3) is 4.70. The Balaban J connectivity index is 1.86. The highest BCUT2D eigenvalue weighted by Gasteiger charge is 2.25. The first-order valence-corrected chi connectivity index (χ1v) is 7.44.